The second-order valence-electron chi connectivity index (χ2n) is 10.3. The number of ether oxygens (including phenoxy) is 2. The van der Waals surface area contributed by atoms with E-state index >= 15 is 0 Å². The monoisotopic (exact) mass is 580 g/mol. The predicted molar refractivity (Wildman–Crippen MR) is 148 cm³/mol. The molecule has 4 heterocycles. The van der Waals surface area contributed by atoms with Gasteiger partial charge in [0, 0.05) is 23.6 Å². The maximum Gasteiger partial charge on any atom is 0.354 e. The van der Waals surface area contributed by atoms with Crippen LogP contribution in [0.25, 0.3) is 16.7 Å². The van der Waals surface area contributed by atoms with E-state index in [4.69, 9.17) is 26.1 Å². The van der Waals surface area contributed by atoms with E-state index < -0.39 is 17.6 Å². The van der Waals surface area contributed by atoms with Gasteiger partial charge in [0.15, 0.2) is 17.2 Å². The van der Waals surface area contributed by atoms with E-state index in [9.17, 15) is 18.7 Å². The highest BCUT2D eigenvalue weighted by atomic mass is 35.5. The lowest BCUT2D eigenvalue weighted by Crippen LogP contribution is -2.32. The molecule has 0 radical (unpaired) electrons. The number of rotatable bonds is 9. The van der Waals surface area contributed by atoms with E-state index in [2.05, 4.69) is 16.0 Å². The number of fused-ring (bicyclic) bond motifs is 1. The Bertz CT molecular complexity index is 1650. The zero-order valence-electron chi connectivity index (χ0n) is 22.0. The van der Waals surface area contributed by atoms with Gasteiger partial charge in [0.25, 0.3) is 5.88 Å². The van der Waals surface area contributed by atoms with Crippen molar-refractivity contribution in [2.75, 3.05) is 6.61 Å². The van der Waals surface area contributed by atoms with Crippen LogP contribution in [0.3, 0.4) is 0 Å². The van der Waals surface area contributed by atoms with Crippen LogP contribution in [0.4, 0.5) is 8.78 Å². The Hall–Kier alpha value is -3.89. The van der Waals surface area contributed by atoms with E-state index in [1.165, 1.54) is 24.3 Å². The fourth-order valence-corrected chi connectivity index (χ4v) is 5.36. The first-order chi connectivity index (χ1) is 19.8. The first-order valence-electron chi connectivity index (χ1n) is 13.5. The maximum atomic E-state index is 14.4. The molecular formula is C30H27ClF2N4O4. The quantitative estimate of drug-likeness (QED) is 0.250. The standard InChI is InChI=1S/C30H27ClF2N4O4/c31-20-6-5-19(23(33)14-20)16-41-29-22(32)7-8-24(36-29)18-3-1-17(2-4-18)13-27-34-25-9-10-26(30(38)39)35-28(25)37(27)15-21-11-12-40-21/h3,5-10,14,17,21H,1-2,4,11-13,15-16H2,(H,38,39)/t17?,21-/m0/s1. The van der Waals surface area contributed by atoms with E-state index in [1.807, 2.05) is 4.57 Å². The number of carboxylic acid groups (broad SMARTS) is 1. The Morgan fingerprint density at radius 3 is 2.66 bits per heavy atom. The van der Waals surface area contributed by atoms with Gasteiger partial charge in [0.2, 0.25) is 0 Å². The molecule has 1 aromatic carbocycles. The summed E-state index contributed by atoms with van der Waals surface area (Å²) in [7, 11) is 0. The van der Waals surface area contributed by atoms with Crippen molar-refractivity contribution in [2.45, 2.75) is 51.4 Å². The van der Waals surface area contributed by atoms with E-state index in [-0.39, 0.29) is 34.9 Å². The Morgan fingerprint density at radius 2 is 1.95 bits per heavy atom. The lowest BCUT2D eigenvalue weighted by atomic mass is 9.86. The van der Waals surface area contributed by atoms with Gasteiger partial charge in [-0.3, -0.25) is 0 Å². The van der Waals surface area contributed by atoms with E-state index in [0.29, 0.717) is 35.7 Å². The Balaban J connectivity index is 1.17. The SMILES string of the molecule is O=C(O)c1ccc2nc(CC3CC=C(c4ccc(F)c(OCc5ccc(Cl)cc5F)n4)CC3)n(C[C@@H]3CCO3)c2n1. The smallest absolute Gasteiger partial charge is 0.354 e. The first kappa shape index (κ1) is 27.3. The molecule has 1 N–H and O–H groups in total. The number of pyridine rings is 2. The van der Waals surface area contributed by atoms with Crippen LogP contribution in [0.5, 0.6) is 5.88 Å². The minimum atomic E-state index is -1.08. The van der Waals surface area contributed by atoms with Crippen molar-refractivity contribution in [3.63, 3.8) is 0 Å². The summed E-state index contributed by atoms with van der Waals surface area (Å²) in [5.41, 5.74) is 3.08. The molecule has 1 unspecified atom stereocenters. The van der Waals surface area contributed by atoms with Gasteiger partial charge in [-0.2, -0.15) is 0 Å². The third kappa shape index (κ3) is 5.94. The molecule has 3 aromatic heterocycles. The molecule has 6 rings (SSSR count). The second kappa shape index (κ2) is 11.5. The van der Waals surface area contributed by atoms with Gasteiger partial charge >= 0.3 is 5.97 Å². The number of aromatic carboxylic acids is 1. The molecular weight excluding hydrogens is 554 g/mol. The van der Waals surface area contributed by atoms with Crippen molar-refractivity contribution in [2.24, 2.45) is 5.92 Å². The summed E-state index contributed by atoms with van der Waals surface area (Å²) in [6, 6.07) is 10.3. The van der Waals surface area contributed by atoms with Crippen LogP contribution in [0.15, 0.2) is 48.5 Å². The molecule has 11 heteroatoms. The third-order valence-electron chi connectivity index (χ3n) is 7.58. The van der Waals surface area contributed by atoms with Crippen LogP contribution in [0.1, 0.15) is 53.3 Å². The van der Waals surface area contributed by atoms with Crippen molar-refractivity contribution in [1.29, 1.82) is 0 Å². The molecule has 4 aromatic rings. The number of nitrogens with zero attached hydrogens (tertiary/aromatic N) is 4. The fourth-order valence-electron chi connectivity index (χ4n) is 5.20. The molecule has 0 amide bonds. The zero-order valence-corrected chi connectivity index (χ0v) is 22.8. The molecule has 8 nitrogen and oxygen atoms in total. The number of aromatic nitrogens is 4. The molecule has 1 fully saturated rings. The highest BCUT2D eigenvalue weighted by Crippen LogP contribution is 2.33. The normalized spacial score (nSPS) is 18.7. The van der Waals surface area contributed by atoms with Gasteiger partial charge in [-0.25, -0.2) is 28.5 Å². The number of hydrogen-bond acceptors (Lipinski definition) is 6. The Morgan fingerprint density at radius 1 is 1.10 bits per heavy atom. The van der Waals surface area contributed by atoms with Crippen LogP contribution in [-0.2, 0) is 24.3 Å². The van der Waals surface area contributed by atoms with Crippen LogP contribution < -0.4 is 4.74 Å². The number of imidazole rings is 1. The van der Waals surface area contributed by atoms with Crippen molar-refractivity contribution in [3.05, 3.63) is 88.0 Å². The van der Waals surface area contributed by atoms with Crippen molar-refractivity contribution < 1.29 is 28.2 Å². The average molecular weight is 581 g/mol. The summed E-state index contributed by atoms with van der Waals surface area (Å²) < 4.78 is 41.7. The van der Waals surface area contributed by atoms with E-state index in [1.54, 1.807) is 18.2 Å². The summed E-state index contributed by atoms with van der Waals surface area (Å²) in [6.07, 6.45) is 6.20. The molecule has 2 atom stereocenters. The average Bonchev–Trinajstić information content (AvgIpc) is 3.27. The summed E-state index contributed by atoms with van der Waals surface area (Å²) in [4.78, 5) is 25.1. The van der Waals surface area contributed by atoms with Crippen molar-refractivity contribution in [3.8, 4) is 5.88 Å². The number of hydrogen-bond donors (Lipinski definition) is 1. The van der Waals surface area contributed by atoms with Crippen LogP contribution >= 0.6 is 11.6 Å². The third-order valence-corrected chi connectivity index (χ3v) is 7.82. The van der Waals surface area contributed by atoms with Gasteiger partial charge in [-0.15, -0.1) is 0 Å². The number of benzene rings is 1. The molecule has 2 aliphatic rings. The maximum absolute atomic E-state index is 14.4. The summed E-state index contributed by atoms with van der Waals surface area (Å²) in [5.74, 6) is -1.24. The minimum Gasteiger partial charge on any atom is -0.477 e. The van der Waals surface area contributed by atoms with Crippen LogP contribution in [0, 0.1) is 17.6 Å². The molecule has 0 bridgehead atoms. The Labute approximate surface area is 239 Å². The molecule has 1 saturated heterocycles. The van der Waals surface area contributed by atoms with Gasteiger partial charge in [-0.05, 0) is 73.6 Å². The predicted octanol–water partition coefficient (Wildman–Crippen LogP) is 6.25. The first-order valence-corrected chi connectivity index (χ1v) is 13.9. The molecule has 1 aliphatic carbocycles. The zero-order chi connectivity index (χ0) is 28.5. The van der Waals surface area contributed by atoms with Crippen molar-refractivity contribution in [1.82, 2.24) is 19.5 Å². The molecule has 1 aliphatic heterocycles. The lowest BCUT2D eigenvalue weighted by Gasteiger charge is -2.28. The number of carboxylic acids is 1. The van der Waals surface area contributed by atoms with Gasteiger partial charge < -0.3 is 19.1 Å². The molecule has 0 spiro atoms. The summed E-state index contributed by atoms with van der Waals surface area (Å²) >= 11 is 5.80. The molecule has 0 saturated carbocycles. The Kier molecular flexibility index (Phi) is 7.68. The highest BCUT2D eigenvalue weighted by molar-refractivity contribution is 6.30. The summed E-state index contributed by atoms with van der Waals surface area (Å²) in [5, 5.41) is 9.69. The fraction of sp³-hybridized carbons (Fsp3) is 0.333. The minimum absolute atomic E-state index is 0.0154. The molecule has 212 valence electrons. The highest BCUT2D eigenvalue weighted by Gasteiger charge is 2.25. The summed E-state index contributed by atoms with van der Waals surface area (Å²) in [6.45, 7) is 1.13. The van der Waals surface area contributed by atoms with Crippen LogP contribution in [-0.4, -0.2) is 43.3 Å². The van der Waals surface area contributed by atoms with Crippen molar-refractivity contribution >= 4 is 34.3 Å². The number of allylic oxidation sites excluding steroid dienone is 2. The van der Waals surface area contributed by atoms with Crippen LogP contribution in [0.2, 0.25) is 5.02 Å². The lowest BCUT2D eigenvalue weighted by molar-refractivity contribution is -0.0591. The number of halogens is 3. The number of carbonyl (C=O) groups is 1. The van der Waals surface area contributed by atoms with Gasteiger partial charge in [0.1, 0.15) is 23.8 Å². The van der Waals surface area contributed by atoms with E-state index in [0.717, 1.165) is 43.7 Å². The van der Waals surface area contributed by atoms with Gasteiger partial charge in [0.05, 0.1) is 18.3 Å². The van der Waals surface area contributed by atoms with Gasteiger partial charge in [-0.1, -0.05) is 23.7 Å². The topological polar surface area (TPSA) is 99.4 Å². The second-order valence-corrected chi connectivity index (χ2v) is 10.8. The molecule has 41 heavy (non-hydrogen) atoms. The largest absolute Gasteiger partial charge is 0.477 e.